The number of esters is 1. The third kappa shape index (κ3) is 6.55. The molecule has 1 aliphatic heterocycles. The van der Waals surface area contributed by atoms with E-state index >= 15 is 0 Å². The minimum absolute atomic E-state index is 0.0819. The van der Waals surface area contributed by atoms with Crippen LogP contribution >= 0.6 is 22.6 Å². The fraction of sp³-hybridized carbons (Fsp3) is 0.591. The zero-order chi connectivity index (χ0) is 22.9. The van der Waals surface area contributed by atoms with Crippen LogP contribution in [0, 0.1) is 11.8 Å². The highest BCUT2D eigenvalue weighted by atomic mass is 127. The minimum atomic E-state index is -1.36. The Hall–Kier alpha value is -1.88. The smallest absolute Gasteiger partial charge is 0.408 e. The van der Waals surface area contributed by atoms with Crippen molar-refractivity contribution in [1.29, 1.82) is 0 Å². The average Bonchev–Trinajstić information content (AvgIpc) is 3.07. The predicted molar refractivity (Wildman–Crippen MR) is 121 cm³/mol. The van der Waals surface area contributed by atoms with E-state index in [-0.39, 0.29) is 24.4 Å². The monoisotopic (exact) mass is 547 g/mol. The molecule has 0 radical (unpaired) electrons. The molecule has 0 aliphatic carbocycles. The number of benzene rings is 1. The third-order valence-electron chi connectivity index (χ3n) is 5.56. The van der Waals surface area contributed by atoms with Crippen LogP contribution in [-0.2, 0) is 35.4 Å². The second-order valence-electron chi connectivity index (χ2n) is 7.77. The Balaban J connectivity index is 2.00. The number of amides is 1. The van der Waals surface area contributed by atoms with Gasteiger partial charge in [0.2, 0.25) is 0 Å². The van der Waals surface area contributed by atoms with E-state index in [2.05, 4.69) is 5.32 Å². The SMILES string of the molecule is CCC(CCCC1OOC(=O)[C@@]1(NC(=O)OCc1ccccc1)C(C)C)C(=O)OCI. The molecule has 1 aliphatic rings. The van der Waals surface area contributed by atoms with E-state index in [4.69, 9.17) is 19.2 Å². The summed E-state index contributed by atoms with van der Waals surface area (Å²) in [6.07, 6.45) is 0.870. The fourth-order valence-electron chi connectivity index (χ4n) is 3.68. The van der Waals surface area contributed by atoms with E-state index in [1.165, 1.54) is 0 Å². The molecule has 2 unspecified atom stereocenters. The van der Waals surface area contributed by atoms with Crippen molar-refractivity contribution in [3.63, 3.8) is 0 Å². The van der Waals surface area contributed by atoms with Gasteiger partial charge in [-0.25, -0.2) is 9.59 Å². The van der Waals surface area contributed by atoms with Gasteiger partial charge in [0, 0.05) is 0 Å². The zero-order valence-corrected chi connectivity index (χ0v) is 20.3. The summed E-state index contributed by atoms with van der Waals surface area (Å²) in [6, 6.07) is 9.26. The maximum Gasteiger partial charge on any atom is 0.408 e. The number of hydrogen-bond donors (Lipinski definition) is 1. The van der Waals surface area contributed by atoms with Crippen molar-refractivity contribution < 1.29 is 33.6 Å². The topological polar surface area (TPSA) is 100 Å². The molecule has 0 saturated carbocycles. The molecule has 1 saturated heterocycles. The third-order valence-corrected chi connectivity index (χ3v) is 5.87. The van der Waals surface area contributed by atoms with Gasteiger partial charge in [-0.3, -0.25) is 9.68 Å². The zero-order valence-electron chi connectivity index (χ0n) is 18.1. The molecule has 1 fully saturated rings. The van der Waals surface area contributed by atoms with Gasteiger partial charge in [0.25, 0.3) is 0 Å². The molecule has 1 heterocycles. The van der Waals surface area contributed by atoms with Crippen molar-refractivity contribution >= 4 is 40.6 Å². The van der Waals surface area contributed by atoms with Gasteiger partial charge in [-0.2, -0.15) is 4.89 Å². The Morgan fingerprint density at radius 1 is 1.23 bits per heavy atom. The van der Waals surface area contributed by atoms with Crippen LogP contribution in [0.2, 0.25) is 0 Å². The molecule has 2 rings (SSSR count). The number of alkyl carbamates (subject to hydrolysis) is 1. The standard InChI is InChI=1S/C22H30INO7/c1-4-17(19(25)29-14-23)11-8-12-18-22(15(2)3,20(26)31-30-18)24-21(27)28-13-16-9-6-5-7-10-16/h5-7,9-10,15,17-18H,4,8,11-14H2,1-3H3,(H,24,27)/t17?,18?,22-/m1/s1. The predicted octanol–water partition coefficient (Wildman–Crippen LogP) is 4.30. The first-order valence-electron chi connectivity index (χ1n) is 10.4. The van der Waals surface area contributed by atoms with Crippen LogP contribution in [0.1, 0.15) is 52.0 Å². The van der Waals surface area contributed by atoms with E-state index in [0.29, 0.717) is 30.3 Å². The van der Waals surface area contributed by atoms with Crippen LogP contribution in [0.5, 0.6) is 0 Å². The number of alkyl halides is 1. The van der Waals surface area contributed by atoms with E-state index in [1.54, 1.807) is 0 Å². The summed E-state index contributed by atoms with van der Waals surface area (Å²) < 4.78 is 10.7. The summed E-state index contributed by atoms with van der Waals surface area (Å²) in [5.74, 6) is -1.40. The highest BCUT2D eigenvalue weighted by Crippen LogP contribution is 2.35. The van der Waals surface area contributed by atoms with Gasteiger partial charge >= 0.3 is 18.0 Å². The van der Waals surface area contributed by atoms with Gasteiger partial charge in [-0.05, 0) is 59.8 Å². The number of ether oxygens (including phenoxy) is 2. The van der Waals surface area contributed by atoms with E-state index in [0.717, 1.165) is 5.56 Å². The van der Waals surface area contributed by atoms with Gasteiger partial charge in [-0.15, -0.1) is 0 Å². The first-order valence-corrected chi connectivity index (χ1v) is 12.0. The summed E-state index contributed by atoms with van der Waals surface area (Å²) in [4.78, 5) is 47.3. The second kappa shape index (κ2) is 12.2. The van der Waals surface area contributed by atoms with Crippen molar-refractivity contribution in [2.45, 2.75) is 64.7 Å². The van der Waals surface area contributed by atoms with E-state index < -0.39 is 23.7 Å². The largest absolute Gasteiger partial charge is 0.455 e. The number of carbonyl (C=O) groups is 3. The van der Waals surface area contributed by atoms with Crippen molar-refractivity contribution in [3.05, 3.63) is 35.9 Å². The molecule has 3 atom stereocenters. The normalized spacial score (nSPS) is 21.5. The molecule has 1 amide bonds. The molecule has 9 heteroatoms. The maximum absolute atomic E-state index is 12.6. The number of carbonyl (C=O) groups excluding carboxylic acids is 3. The van der Waals surface area contributed by atoms with Crippen LogP contribution in [0.25, 0.3) is 0 Å². The number of hydrogen-bond acceptors (Lipinski definition) is 7. The summed E-state index contributed by atoms with van der Waals surface area (Å²) in [5.41, 5.74) is -0.528. The number of rotatable bonds is 11. The van der Waals surface area contributed by atoms with Crippen LogP contribution in [0.3, 0.4) is 0 Å². The lowest BCUT2D eigenvalue weighted by molar-refractivity contribution is -0.263. The number of nitrogens with one attached hydrogen (secondary N) is 1. The Labute approximate surface area is 196 Å². The summed E-state index contributed by atoms with van der Waals surface area (Å²) in [5, 5.41) is 2.70. The Morgan fingerprint density at radius 3 is 2.55 bits per heavy atom. The highest BCUT2D eigenvalue weighted by Gasteiger charge is 2.58. The first-order chi connectivity index (χ1) is 14.8. The van der Waals surface area contributed by atoms with Crippen molar-refractivity contribution in [2.75, 3.05) is 4.61 Å². The minimum Gasteiger partial charge on any atom is -0.455 e. The maximum atomic E-state index is 12.6. The van der Waals surface area contributed by atoms with Crippen LogP contribution < -0.4 is 5.32 Å². The Morgan fingerprint density at radius 2 is 1.94 bits per heavy atom. The van der Waals surface area contributed by atoms with Gasteiger partial charge in [-0.1, -0.05) is 51.1 Å². The van der Waals surface area contributed by atoms with E-state index in [1.807, 2.05) is 73.7 Å². The molecule has 172 valence electrons. The average molecular weight is 547 g/mol. The molecular formula is C22H30INO7. The van der Waals surface area contributed by atoms with Crippen molar-refractivity contribution in [2.24, 2.45) is 11.8 Å². The molecule has 1 aromatic carbocycles. The Kier molecular flexibility index (Phi) is 10.0. The quantitative estimate of drug-likeness (QED) is 0.191. The van der Waals surface area contributed by atoms with E-state index in [9.17, 15) is 14.4 Å². The summed E-state index contributed by atoms with van der Waals surface area (Å²) in [7, 11) is 0. The van der Waals surface area contributed by atoms with Gasteiger partial charge < -0.3 is 14.8 Å². The highest BCUT2D eigenvalue weighted by molar-refractivity contribution is 14.1. The summed E-state index contributed by atoms with van der Waals surface area (Å²) in [6.45, 7) is 5.64. The molecular weight excluding hydrogens is 517 g/mol. The molecule has 0 spiro atoms. The van der Waals surface area contributed by atoms with Crippen LogP contribution in [0.4, 0.5) is 4.79 Å². The number of halogens is 1. The lowest BCUT2D eigenvalue weighted by atomic mass is 9.79. The van der Waals surface area contributed by atoms with Crippen LogP contribution in [0.15, 0.2) is 30.3 Å². The fourth-order valence-corrected chi connectivity index (χ4v) is 3.98. The lowest BCUT2D eigenvalue weighted by Crippen LogP contribution is -2.62. The van der Waals surface area contributed by atoms with Gasteiger partial charge in [0.15, 0.2) is 5.54 Å². The molecule has 1 N–H and O–H groups in total. The molecule has 1 aromatic rings. The first kappa shape index (κ1) is 25.4. The van der Waals surface area contributed by atoms with Gasteiger partial charge in [0.05, 0.1) is 5.92 Å². The molecule has 31 heavy (non-hydrogen) atoms. The molecule has 0 aromatic heterocycles. The Bertz CT molecular complexity index is 743. The second-order valence-corrected chi connectivity index (χ2v) is 8.40. The summed E-state index contributed by atoms with van der Waals surface area (Å²) >= 11 is 1.99. The molecule has 8 nitrogen and oxygen atoms in total. The van der Waals surface area contributed by atoms with Gasteiger partial charge in [0.1, 0.15) is 17.3 Å². The van der Waals surface area contributed by atoms with Crippen molar-refractivity contribution in [3.8, 4) is 0 Å². The van der Waals surface area contributed by atoms with Crippen molar-refractivity contribution in [1.82, 2.24) is 5.32 Å². The van der Waals surface area contributed by atoms with Crippen LogP contribution in [-0.4, -0.2) is 34.3 Å². The molecule has 0 bridgehead atoms. The lowest BCUT2D eigenvalue weighted by Gasteiger charge is -2.33.